The molecule has 0 fully saturated rings. The molecule has 0 radical (unpaired) electrons. The molecule has 5 nitrogen and oxygen atoms in total. The third-order valence-electron chi connectivity index (χ3n) is 3.58. The predicted octanol–water partition coefficient (Wildman–Crippen LogP) is 1.77. The fraction of sp³-hybridized carbons (Fsp3) is 0.750. The number of rotatable bonds is 4. The van der Waals surface area contributed by atoms with Crippen LogP contribution >= 0.6 is 0 Å². The highest BCUT2D eigenvalue weighted by molar-refractivity contribution is 7.89. The minimum absolute atomic E-state index is 0.101. The van der Waals surface area contributed by atoms with Crippen molar-refractivity contribution in [1.82, 2.24) is 9.55 Å². The van der Waals surface area contributed by atoms with E-state index in [1.807, 2.05) is 0 Å². The van der Waals surface area contributed by atoms with Crippen molar-refractivity contribution in [2.45, 2.75) is 63.4 Å². The van der Waals surface area contributed by atoms with E-state index in [1.165, 1.54) is 0 Å². The summed E-state index contributed by atoms with van der Waals surface area (Å²) in [5, 5.41) is 5.37. The van der Waals surface area contributed by atoms with E-state index in [-0.39, 0.29) is 5.03 Å². The summed E-state index contributed by atoms with van der Waals surface area (Å²) in [4.78, 5) is 4.30. The van der Waals surface area contributed by atoms with Gasteiger partial charge in [0.1, 0.15) is 5.82 Å². The molecule has 1 aromatic rings. The zero-order valence-electron chi connectivity index (χ0n) is 11.0. The highest BCUT2D eigenvalue weighted by atomic mass is 32.2. The number of aromatic nitrogens is 2. The zero-order valence-corrected chi connectivity index (χ0v) is 11.8. The summed E-state index contributed by atoms with van der Waals surface area (Å²) < 4.78 is 25.4. The molecule has 1 aromatic heterocycles. The van der Waals surface area contributed by atoms with Crippen molar-refractivity contribution in [2.24, 2.45) is 5.14 Å². The molecule has 102 valence electrons. The Morgan fingerprint density at radius 3 is 2.72 bits per heavy atom. The second kappa shape index (κ2) is 5.01. The van der Waals surface area contributed by atoms with Crippen LogP contribution in [0.1, 0.15) is 57.1 Å². The molecule has 0 bridgehead atoms. The van der Waals surface area contributed by atoms with E-state index < -0.39 is 10.0 Å². The van der Waals surface area contributed by atoms with Gasteiger partial charge in [0.15, 0.2) is 5.03 Å². The van der Waals surface area contributed by atoms with E-state index in [4.69, 9.17) is 5.14 Å². The lowest BCUT2D eigenvalue weighted by Crippen LogP contribution is -2.21. The monoisotopic (exact) mass is 271 g/mol. The smallest absolute Gasteiger partial charge is 0.257 e. The van der Waals surface area contributed by atoms with Crippen molar-refractivity contribution in [1.29, 1.82) is 0 Å². The topological polar surface area (TPSA) is 78.0 Å². The van der Waals surface area contributed by atoms with E-state index in [9.17, 15) is 8.42 Å². The lowest BCUT2D eigenvalue weighted by molar-refractivity contribution is 0.377. The number of nitrogens with zero attached hydrogens (tertiary/aromatic N) is 2. The summed E-state index contributed by atoms with van der Waals surface area (Å²) in [6.45, 7) is 4.20. The average Bonchev–Trinajstić information content (AvgIpc) is 2.68. The van der Waals surface area contributed by atoms with Crippen LogP contribution in [-0.2, 0) is 22.9 Å². The fourth-order valence-electron chi connectivity index (χ4n) is 2.80. The van der Waals surface area contributed by atoms with Gasteiger partial charge in [-0.3, -0.25) is 0 Å². The summed E-state index contributed by atoms with van der Waals surface area (Å²) in [7, 11) is -3.71. The molecule has 6 heteroatoms. The first kappa shape index (κ1) is 13.5. The maximum absolute atomic E-state index is 11.6. The van der Waals surface area contributed by atoms with E-state index in [1.54, 1.807) is 0 Å². The Kier molecular flexibility index (Phi) is 3.77. The standard InChI is InChI=1S/C12H21N3O2S/c1-3-6-11-14-12(18(13,16)17)10-8-5-7-9(4-2)15(10)11/h9H,3-8H2,1-2H3,(H2,13,16,17). The summed E-state index contributed by atoms with van der Waals surface area (Å²) in [5.74, 6) is 0.878. The van der Waals surface area contributed by atoms with Gasteiger partial charge in [-0.25, -0.2) is 18.5 Å². The van der Waals surface area contributed by atoms with Crippen molar-refractivity contribution in [3.8, 4) is 0 Å². The Balaban J connectivity index is 2.60. The maximum Gasteiger partial charge on any atom is 0.257 e. The molecule has 0 saturated carbocycles. The normalized spacial score (nSPS) is 19.8. The summed E-state index contributed by atoms with van der Waals surface area (Å²) >= 11 is 0. The number of fused-ring (bicyclic) bond motifs is 1. The lowest BCUT2D eigenvalue weighted by atomic mass is 10.0. The highest BCUT2D eigenvalue weighted by Gasteiger charge is 2.29. The van der Waals surface area contributed by atoms with Crippen LogP contribution in [0.5, 0.6) is 0 Å². The minimum Gasteiger partial charge on any atom is -0.328 e. The molecule has 2 heterocycles. The summed E-state index contributed by atoms with van der Waals surface area (Å²) in [5.41, 5.74) is 0.819. The first-order valence-corrected chi connectivity index (χ1v) is 8.16. The Morgan fingerprint density at radius 1 is 1.44 bits per heavy atom. The number of nitrogens with two attached hydrogens (primary N) is 1. The molecule has 0 spiro atoms. The van der Waals surface area contributed by atoms with Crippen LogP contribution in [0.3, 0.4) is 0 Å². The molecular weight excluding hydrogens is 250 g/mol. The van der Waals surface area contributed by atoms with Crippen molar-refractivity contribution >= 4 is 10.0 Å². The number of primary sulfonamides is 1. The third kappa shape index (κ3) is 2.31. The molecule has 0 aliphatic carbocycles. The number of aryl methyl sites for hydroxylation is 1. The van der Waals surface area contributed by atoms with Crippen LogP contribution in [-0.4, -0.2) is 18.0 Å². The van der Waals surface area contributed by atoms with Gasteiger partial charge in [0.05, 0.1) is 5.69 Å². The summed E-state index contributed by atoms with van der Waals surface area (Å²) in [6.07, 6.45) is 5.64. The molecule has 1 aliphatic rings. The van der Waals surface area contributed by atoms with Crippen molar-refractivity contribution in [2.75, 3.05) is 0 Å². The largest absolute Gasteiger partial charge is 0.328 e. The van der Waals surface area contributed by atoms with Crippen LogP contribution in [0, 0.1) is 0 Å². The van der Waals surface area contributed by atoms with Gasteiger partial charge in [-0.15, -0.1) is 0 Å². The van der Waals surface area contributed by atoms with Gasteiger partial charge in [-0.05, 0) is 32.1 Å². The Morgan fingerprint density at radius 2 is 2.17 bits per heavy atom. The van der Waals surface area contributed by atoms with E-state index >= 15 is 0 Å². The van der Waals surface area contributed by atoms with Gasteiger partial charge in [0, 0.05) is 12.5 Å². The van der Waals surface area contributed by atoms with Gasteiger partial charge in [0.25, 0.3) is 10.0 Å². The molecule has 1 unspecified atom stereocenters. The molecule has 0 saturated heterocycles. The average molecular weight is 271 g/mol. The van der Waals surface area contributed by atoms with E-state index in [2.05, 4.69) is 23.4 Å². The number of hydrogen-bond donors (Lipinski definition) is 1. The third-order valence-corrected chi connectivity index (χ3v) is 4.44. The zero-order chi connectivity index (χ0) is 13.3. The minimum atomic E-state index is -3.71. The number of sulfonamides is 1. The van der Waals surface area contributed by atoms with Gasteiger partial charge in [-0.2, -0.15) is 0 Å². The quantitative estimate of drug-likeness (QED) is 0.906. The maximum atomic E-state index is 11.6. The van der Waals surface area contributed by atoms with Crippen LogP contribution in [0.15, 0.2) is 5.03 Å². The highest BCUT2D eigenvalue weighted by Crippen LogP contribution is 2.32. The van der Waals surface area contributed by atoms with Crippen molar-refractivity contribution in [3.05, 3.63) is 11.5 Å². The van der Waals surface area contributed by atoms with Crippen molar-refractivity contribution in [3.63, 3.8) is 0 Å². The molecule has 18 heavy (non-hydrogen) atoms. The molecule has 0 aromatic carbocycles. The lowest BCUT2D eigenvalue weighted by Gasteiger charge is -2.26. The van der Waals surface area contributed by atoms with Gasteiger partial charge in [-0.1, -0.05) is 13.8 Å². The van der Waals surface area contributed by atoms with E-state index in [0.29, 0.717) is 6.04 Å². The second-order valence-electron chi connectivity index (χ2n) is 4.90. The summed E-state index contributed by atoms with van der Waals surface area (Å²) in [6, 6.07) is 0.373. The van der Waals surface area contributed by atoms with Crippen LogP contribution in [0.2, 0.25) is 0 Å². The number of hydrogen-bond acceptors (Lipinski definition) is 3. The van der Waals surface area contributed by atoms with Crippen LogP contribution in [0.25, 0.3) is 0 Å². The fourth-order valence-corrected chi connectivity index (χ4v) is 3.56. The van der Waals surface area contributed by atoms with Crippen LogP contribution in [0.4, 0.5) is 0 Å². The molecule has 0 amide bonds. The second-order valence-corrected chi connectivity index (χ2v) is 6.38. The molecule has 2 N–H and O–H groups in total. The van der Waals surface area contributed by atoms with E-state index in [0.717, 1.165) is 50.0 Å². The Hall–Kier alpha value is -0.880. The molecule has 1 atom stereocenters. The Bertz CT molecular complexity index is 534. The molecular formula is C12H21N3O2S. The van der Waals surface area contributed by atoms with Crippen LogP contribution < -0.4 is 5.14 Å². The van der Waals surface area contributed by atoms with Gasteiger partial charge >= 0.3 is 0 Å². The van der Waals surface area contributed by atoms with Gasteiger partial charge < -0.3 is 4.57 Å². The first-order valence-electron chi connectivity index (χ1n) is 6.61. The Labute approximate surface area is 108 Å². The van der Waals surface area contributed by atoms with Gasteiger partial charge in [0.2, 0.25) is 0 Å². The predicted molar refractivity (Wildman–Crippen MR) is 69.9 cm³/mol. The van der Waals surface area contributed by atoms with Crippen molar-refractivity contribution < 1.29 is 8.42 Å². The molecule has 1 aliphatic heterocycles. The SMILES string of the molecule is CCCc1nc(S(N)(=O)=O)c2n1C(CC)CCC2. The number of imidazole rings is 1. The first-order chi connectivity index (χ1) is 8.49. The molecule has 2 rings (SSSR count).